The van der Waals surface area contributed by atoms with Crippen molar-refractivity contribution in [2.75, 3.05) is 12.4 Å². The number of pyridine rings is 2. The number of anilines is 2. The largest absolute Gasteiger partial charge is 0.481 e. The molecule has 0 aliphatic carbocycles. The summed E-state index contributed by atoms with van der Waals surface area (Å²) in [5.74, 6) is 1.35. The number of nitrogens with one attached hydrogen (secondary N) is 1. The molecule has 82 valence electrons. The van der Waals surface area contributed by atoms with Gasteiger partial charge in [-0.2, -0.15) is 0 Å². The highest BCUT2D eigenvalue weighted by atomic mass is 79.9. The molecule has 0 aliphatic rings. The van der Waals surface area contributed by atoms with E-state index in [-0.39, 0.29) is 0 Å². The fraction of sp³-hybridized carbons (Fsp3) is 0.0909. The van der Waals surface area contributed by atoms with E-state index in [1.165, 1.54) is 0 Å². The third kappa shape index (κ3) is 2.49. The van der Waals surface area contributed by atoms with E-state index in [0.717, 1.165) is 16.0 Å². The highest BCUT2D eigenvalue weighted by Gasteiger charge is 2.01. The summed E-state index contributed by atoms with van der Waals surface area (Å²) in [6, 6.07) is 7.46. The van der Waals surface area contributed by atoms with Crippen LogP contribution in [0.1, 0.15) is 0 Å². The minimum atomic E-state index is 0.589. The molecule has 2 rings (SSSR count). The number of nitrogens with zero attached hydrogens (tertiary/aromatic N) is 2. The lowest BCUT2D eigenvalue weighted by atomic mass is 10.4. The molecule has 16 heavy (non-hydrogen) atoms. The lowest BCUT2D eigenvalue weighted by Gasteiger charge is -2.07. The summed E-state index contributed by atoms with van der Waals surface area (Å²) < 4.78 is 5.89. The van der Waals surface area contributed by atoms with Crippen molar-refractivity contribution < 1.29 is 4.74 Å². The number of aromatic nitrogens is 2. The highest BCUT2D eigenvalue weighted by molar-refractivity contribution is 9.10. The van der Waals surface area contributed by atoms with Gasteiger partial charge in [-0.25, -0.2) is 9.97 Å². The monoisotopic (exact) mass is 279 g/mol. The molecule has 0 spiro atoms. The Morgan fingerprint density at radius 3 is 2.75 bits per heavy atom. The predicted octanol–water partition coefficient (Wildman–Crippen LogP) is 2.99. The third-order valence-electron chi connectivity index (χ3n) is 1.97. The number of methoxy groups -OCH3 is 1. The topological polar surface area (TPSA) is 47.0 Å². The SMILES string of the molecule is COc1ccc(Nc2ncccc2Br)cn1. The molecule has 0 atom stereocenters. The maximum atomic E-state index is 4.98. The Morgan fingerprint density at radius 2 is 2.12 bits per heavy atom. The van der Waals surface area contributed by atoms with E-state index in [0.29, 0.717) is 5.88 Å². The first-order valence-electron chi connectivity index (χ1n) is 4.67. The van der Waals surface area contributed by atoms with Crippen LogP contribution in [0, 0.1) is 0 Å². The van der Waals surface area contributed by atoms with Crippen LogP contribution >= 0.6 is 15.9 Å². The second kappa shape index (κ2) is 4.94. The first-order chi connectivity index (χ1) is 7.79. The van der Waals surface area contributed by atoms with Gasteiger partial charge in [-0.05, 0) is 34.1 Å². The summed E-state index contributed by atoms with van der Waals surface area (Å²) in [7, 11) is 1.59. The van der Waals surface area contributed by atoms with E-state index in [9.17, 15) is 0 Å². The average molecular weight is 280 g/mol. The van der Waals surface area contributed by atoms with Crippen molar-refractivity contribution in [2.24, 2.45) is 0 Å². The maximum Gasteiger partial charge on any atom is 0.213 e. The van der Waals surface area contributed by atoms with Crippen molar-refractivity contribution in [2.45, 2.75) is 0 Å². The van der Waals surface area contributed by atoms with E-state index in [2.05, 4.69) is 31.2 Å². The van der Waals surface area contributed by atoms with E-state index < -0.39 is 0 Å². The van der Waals surface area contributed by atoms with Gasteiger partial charge in [0.25, 0.3) is 0 Å². The standard InChI is InChI=1S/C11H10BrN3O/c1-16-10-5-4-8(7-14-10)15-11-9(12)3-2-6-13-11/h2-7H,1H3,(H,13,15). The van der Waals surface area contributed by atoms with Gasteiger partial charge in [0.2, 0.25) is 5.88 Å². The average Bonchev–Trinajstić information content (AvgIpc) is 2.33. The Morgan fingerprint density at radius 1 is 1.25 bits per heavy atom. The maximum absolute atomic E-state index is 4.98. The van der Waals surface area contributed by atoms with Gasteiger partial charge < -0.3 is 10.1 Å². The Labute approximate surface area is 102 Å². The van der Waals surface area contributed by atoms with E-state index in [1.807, 2.05) is 18.2 Å². The molecule has 5 heteroatoms. The summed E-state index contributed by atoms with van der Waals surface area (Å²) in [6.07, 6.45) is 3.42. The molecule has 0 radical (unpaired) electrons. The van der Waals surface area contributed by atoms with Crippen LogP contribution in [-0.2, 0) is 0 Å². The van der Waals surface area contributed by atoms with Gasteiger partial charge in [0.05, 0.1) is 23.5 Å². The van der Waals surface area contributed by atoms with Crippen molar-refractivity contribution >= 4 is 27.4 Å². The number of hydrogen-bond donors (Lipinski definition) is 1. The molecule has 0 fully saturated rings. The first-order valence-corrected chi connectivity index (χ1v) is 5.46. The van der Waals surface area contributed by atoms with Crippen molar-refractivity contribution in [1.82, 2.24) is 9.97 Å². The van der Waals surface area contributed by atoms with E-state index in [4.69, 9.17) is 4.74 Å². The number of halogens is 1. The summed E-state index contributed by atoms with van der Waals surface area (Å²) in [4.78, 5) is 8.29. The Bertz CT molecular complexity index is 473. The summed E-state index contributed by atoms with van der Waals surface area (Å²) in [5, 5.41) is 3.15. The van der Waals surface area contributed by atoms with E-state index in [1.54, 1.807) is 25.6 Å². The molecule has 2 heterocycles. The Balaban J connectivity index is 2.18. The molecular formula is C11H10BrN3O. The second-order valence-electron chi connectivity index (χ2n) is 3.05. The van der Waals surface area contributed by atoms with Crippen molar-refractivity contribution in [3.8, 4) is 5.88 Å². The molecule has 2 aromatic rings. The van der Waals surface area contributed by atoms with Crippen LogP contribution < -0.4 is 10.1 Å². The van der Waals surface area contributed by atoms with Gasteiger partial charge in [0.15, 0.2) is 0 Å². The molecule has 2 aromatic heterocycles. The zero-order valence-electron chi connectivity index (χ0n) is 8.64. The van der Waals surface area contributed by atoms with Crippen LogP contribution in [0.3, 0.4) is 0 Å². The van der Waals surface area contributed by atoms with E-state index >= 15 is 0 Å². The zero-order chi connectivity index (χ0) is 11.4. The predicted molar refractivity (Wildman–Crippen MR) is 66.0 cm³/mol. The number of hydrogen-bond acceptors (Lipinski definition) is 4. The Kier molecular flexibility index (Phi) is 3.36. The zero-order valence-corrected chi connectivity index (χ0v) is 10.2. The number of rotatable bonds is 3. The van der Waals surface area contributed by atoms with Gasteiger partial charge in [0, 0.05) is 12.3 Å². The van der Waals surface area contributed by atoms with Crippen LogP contribution in [0.15, 0.2) is 41.1 Å². The summed E-state index contributed by atoms with van der Waals surface area (Å²) in [5.41, 5.74) is 0.861. The minimum Gasteiger partial charge on any atom is -0.481 e. The normalized spacial score (nSPS) is 9.88. The molecule has 0 saturated carbocycles. The summed E-state index contributed by atoms with van der Waals surface area (Å²) >= 11 is 3.41. The molecule has 0 amide bonds. The van der Waals surface area contributed by atoms with Crippen LogP contribution in [0.2, 0.25) is 0 Å². The van der Waals surface area contributed by atoms with Crippen LogP contribution in [0.5, 0.6) is 5.88 Å². The van der Waals surface area contributed by atoms with Gasteiger partial charge >= 0.3 is 0 Å². The smallest absolute Gasteiger partial charge is 0.213 e. The molecule has 0 aromatic carbocycles. The minimum absolute atomic E-state index is 0.589. The van der Waals surface area contributed by atoms with Crippen molar-refractivity contribution in [1.29, 1.82) is 0 Å². The highest BCUT2D eigenvalue weighted by Crippen LogP contribution is 2.22. The van der Waals surface area contributed by atoms with Gasteiger partial charge in [-0.1, -0.05) is 0 Å². The molecule has 0 saturated heterocycles. The molecular weight excluding hydrogens is 270 g/mol. The second-order valence-corrected chi connectivity index (χ2v) is 3.90. The van der Waals surface area contributed by atoms with Crippen LogP contribution in [0.25, 0.3) is 0 Å². The lowest BCUT2D eigenvalue weighted by Crippen LogP contribution is -1.95. The van der Waals surface area contributed by atoms with Crippen molar-refractivity contribution in [3.05, 3.63) is 41.1 Å². The quantitative estimate of drug-likeness (QED) is 0.938. The van der Waals surface area contributed by atoms with Crippen LogP contribution in [-0.4, -0.2) is 17.1 Å². The fourth-order valence-corrected chi connectivity index (χ4v) is 1.54. The lowest BCUT2D eigenvalue weighted by molar-refractivity contribution is 0.398. The van der Waals surface area contributed by atoms with Crippen molar-refractivity contribution in [3.63, 3.8) is 0 Å². The fourth-order valence-electron chi connectivity index (χ4n) is 1.19. The first kappa shape index (κ1) is 10.9. The van der Waals surface area contributed by atoms with Gasteiger partial charge in [0.1, 0.15) is 5.82 Å². The molecule has 4 nitrogen and oxygen atoms in total. The van der Waals surface area contributed by atoms with Gasteiger partial charge in [-0.15, -0.1) is 0 Å². The number of ether oxygens (including phenoxy) is 1. The Hall–Kier alpha value is -1.62. The van der Waals surface area contributed by atoms with Crippen LogP contribution in [0.4, 0.5) is 11.5 Å². The molecule has 1 N–H and O–H groups in total. The molecule has 0 bridgehead atoms. The molecule has 0 unspecified atom stereocenters. The van der Waals surface area contributed by atoms with Gasteiger partial charge in [-0.3, -0.25) is 0 Å². The molecule has 0 aliphatic heterocycles. The third-order valence-corrected chi connectivity index (χ3v) is 2.61. The summed E-state index contributed by atoms with van der Waals surface area (Å²) in [6.45, 7) is 0.